The molecule has 0 N–H and O–H groups in total. The Hall–Kier alpha value is -3.18. The Morgan fingerprint density at radius 2 is 1.74 bits per heavy atom. The first kappa shape index (κ1) is 19.8. The van der Waals surface area contributed by atoms with Crippen molar-refractivity contribution in [3.8, 4) is 0 Å². The molecule has 2 atom stereocenters. The van der Waals surface area contributed by atoms with E-state index in [1.807, 2.05) is 45.9 Å². The van der Waals surface area contributed by atoms with Crippen LogP contribution in [0.25, 0.3) is 12.2 Å². The number of likely N-dealkylation sites (tertiary alicyclic amines) is 1. The van der Waals surface area contributed by atoms with Crippen molar-refractivity contribution < 1.29 is 4.79 Å². The molecule has 156 valence electrons. The van der Waals surface area contributed by atoms with E-state index >= 15 is 0 Å². The van der Waals surface area contributed by atoms with E-state index in [9.17, 15) is 9.59 Å². The smallest absolute Gasteiger partial charge is 0.253 e. The first-order valence-electron chi connectivity index (χ1n) is 10.4. The van der Waals surface area contributed by atoms with Crippen molar-refractivity contribution in [1.82, 2.24) is 14.5 Å². The Kier molecular flexibility index (Phi) is 5.20. The number of benzene rings is 1. The Bertz CT molecular complexity index is 1200. The van der Waals surface area contributed by atoms with Gasteiger partial charge < -0.3 is 9.47 Å². The zero-order valence-electron chi connectivity index (χ0n) is 16.9. The number of piperidine rings is 1. The summed E-state index contributed by atoms with van der Waals surface area (Å²) in [5.74, 6) is 0.448. The fourth-order valence-electron chi connectivity index (χ4n) is 4.79. The topological polar surface area (TPSA) is 55.2 Å². The molecule has 1 aromatic carbocycles. The molecular weight excluding hydrogens is 410 g/mol. The van der Waals surface area contributed by atoms with E-state index in [-0.39, 0.29) is 23.3 Å². The summed E-state index contributed by atoms with van der Waals surface area (Å²) >= 11 is 5.98. The van der Waals surface area contributed by atoms with E-state index in [2.05, 4.69) is 11.1 Å². The van der Waals surface area contributed by atoms with Crippen LogP contribution in [-0.2, 0) is 6.54 Å². The second-order valence-corrected chi connectivity index (χ2v) is 8.69. The van der Waals surface area contributed by atoms with Gasteiger partial charge in [0.15, 0.2) is 0 Å². The third-order valence-electron chi connectivity index (χ3n) is 6.16. The normalized spacial score (nSPS) is 20.0. The van der Waals surface area contributed by atoms with Crippen molar-refractivity contribution in [3.05, 3.63) is 98.7 Å². The molecule has 2 bridgehead atoms. The van der Waals surface area contributed by atoms with Crippen LogP contribution >= 0.6 is 11.6 Å². The van der Waals surface area contributed by atoms with Crippen molar-refractivity contribution in [3.63, 3.8) is 0 Å². The number of nitrogens with zero attached hydrogens (tertiary/aromatic N) is 3. The van der Waals surface area contributed by atoms with Crippen LogP contribution in [0.3, 0.4) is 0 Å². The second kappa shape index (κ2) is 8.16. The molecule has 31 heavy (non-hydrogen) atoms. The number of carbonyl (C=O) groups is 1. The number of hydrogen-bond acceptors (Lipinski definition) is 3. The van der Waals surface area contributed by atoms with Crippen molar-refractivity contribution in [2.45, 2.75) is 18.9 Å². The summed E-state index contributed by atoms with van der Waals surface area (Å²) in [6.45, 7) is 1.94. The summed E-state index contributed by atoms with van der Waals surface area (Å²) < 4.78 is 1.91. The summed E-state index contributed by atoms with van der Waals surface area (Å²) in [6.07, 6.45) is 8.37. The maximum absolute atomic E-state index is 13.0. The molecule has 0 saturated carbocycles. The van der Waals surface area contributed by atoms with Gasteiger partial charge in [-0.1, -0.05) is 35.9 Å². The average Bonchev–Trinajstić information content (AvgIpc) is 2.80. The predicted octanol–water partition coefficient (Wildman–Crippen LogP) is 4.33. The third kappa shape index (κ3) is 3.93. The first-order valence-corrected chi connectivity index (χ1v) is 10.8. The molecule has 1 amide bonds. The van der Waals surface area contributed by atoms with E-state index in [4.69, 9.17) is 11.6 Å². The highest BCUT2D eigenvalue weighted by atomic mass is 35.5. The lowest BCUT2D eigenvalue weighted by molar-refractivity contribution is 0.0594. The second-order valence-electron chi connectivity index (χ2n) is 8.25. The van der Waals surface area contributed by atoms with Crippen LogP contribution in [0.15, 0.2) is 65.7 Å². The molecule has 0 aliphatic carbocycles. The van der Waals surface area contributed by atoms with E-state index in [0.29, 0.717) is 30.2 Å². The van der Waals surface area contributed by atoms with Crippen molar-refractivity contribution in [1.29, 1.82) is 0 Å². The van der Waals surface area contributed by atoms with Crippen molar-refractivity contribution >= 4 is 29.7 Å². The molecule has 5 nitrogen and oxygen atoms in total. The molecule has 1 saturated heterocycles. The average molecular weight is 432 g/mol. The quantitative estimate of drug-likeness (QED) is 0.620. The van der Waals surface area contributed by atoms with Gasteiger partial charge in [-0.25, -0.2) is 0 Å². The highest BCUT2D eigenvalue weighted by Crippen LogP contribution is 2.37. The third-order valence-corrected chi connectivity index (χ3v) is 6.41. The molecule has 0 unspecified atom stereocenters. The van der Waals surface area contributed by atoms with Gasteiger partial charge in [0.05, 0.1) is 0 Å². The molecule has 1 fully saturated rings. The number of hydrogen-bond donors (Lipinski definition) is 0. The minimum absolute atomic E-state index is 0.0297. The maximum atomic E-state index is 13.0. The Balaban J connectivity index is 1.47. The minimum atomic E-state index is 0.0297. The summed E-state index contributed by atoms with van der Waals surface area (Å²) in [6, 6.07) is 14.7. The highest BCUT2D eigenvalue weighted by Gasteiger charge is 2.37. The van der Waals surface area contributed by atoms with E-state index in [1.165, 1.54) is 0 Å². The monoisotopic (exact) mass is 431 g/mol. The zero-order valence-corrected chi connectivity index (χ0v) is 17.7. The molecule has 2 aliphatic rings. The highest BCUT2D eigenvalue weighted by molar-refractivity contribution is 6.30. The number of amides is 1. The first-order chi connectivity index (χ1) is 15.1. The molecule has 6 heteroatoms. The van der Waals surface area contributed by atoms with Gasteiger partial charge in [-0.05, 0) is 53.8 Å². The standard InChI is InChI=1S/C25H22ClN3O2/c26-22-6-2-17(3-7-22)1-4-19-5-8-23(30)29-15-18-13-21(24(19)29)16-28(14-18)25(31)20-9-11-27-12-10-20/h1-12,18,21H,13-16H2/t18-,21-/m0/s1. The van der Waals surface area contributed by atoms with Gasteiger partial charge in [0.1, 0.15) is 0 Å². The predicted molar refractivity (Wildman–Crippen MR) is 122 cm³/mol. The number of fused-ring (bicyclic) bond motifs is 4. The maximum Gasteiger partial charge on any atom is 0.253 e. The van der Waals surface area contributed by atoms with E-state index in [1.54, 1.807) is 30.6 Å². The van der Waals surface area contributed by atoms with Crippen LogP contribution in [0.1, 0.15) is 39.5 Å². The van der Waals surface area contributed by atoms with Gasteiger partial charge in [-0.15, -0.1) is 0 Å². The molecule has 5 rings (SSSR count). The Morgan fingerprint density at radius 1 is 0.968 bits per heavy atom. The molecule has 2 aromatic heterocycles. The van der Waals surface area contributed by atoms with Gasteiger partial charge in [-0.3, -0.25) is 14.6 Å². The molecule has 2 aliphatic heterocycles. The summed E-state index contributed by atoms with van der Waals surface area (Å²) in [7, 11) is 0. The lowest BCUT2D eigenvalue weighted by Gasteiger charge is -2.43. The van der Waals surface area contributed by atoms with Crippen LogP contribution < -0.4 is 5.56 Å². The molecule has 0 radical (unpaired) electrons. The number of halogens is 1. The number of pyridine rings is 2. The number of rotatable bonds is 3. The molecular formula is C25H22ClN3O2. The van der Waals surface area contributed by atoms with E-state index in [0.717, 1.165) is 23.2 Å². The van der Waals surface area contributed by atoms with Gasteiger partial charge >= 0.3 is 0 Å². The minimum Gasteiger partial charge on any atom is -0.338 e. The van der Waals surface area contributed by atoms with Gasteiger partial charge in [-0.2, -0.15) is 0 Å². The molecule has 4 heterocycles. The largest absolute Gasteiger partial charge is 0.338 e. The Labute approximate surface area is 185 Å². The number of aromatic nitrogens is 2. The van der Waals surface area contributed by atoms with Crippen molar-refractivity contribution in [2.24, 2.45) is 5.92 Å². The number of carbonyl (C=O) groups excluding carboxylic acids is 1. The fraction of sp³-hybridized carbons (Fsp3) is 0.240. The van der Waals surface area contributed by atoms with Crippen LogP contribution in [-0.4, -0.2) is 33.4 Å². The zero-order chi connectivity index (χ0) is 21.4. The summed E-state index contributed by atoms with van der Waals surface area (Å²) in [5.41, 5.74) is 3.78. The molecule has 0 spiro atoms. The van der Waals surface area contributed by atoms with Crippen LogP contribution in [0.4, 0.5) is 0 Å². The van der Waals surface area contributed by atoms with Crippen LogP contribution in [0.2, 0.25) is 5.02 Å². The van der Waals surface area contributed by atoms with Crippen LogP contribution in [0, 0.1) is 5.92 Å². The van der Waals surface area contributed by atoms with Gasteiger partial charge in [0, 0.05) is 60.3 Å². The van der Waals surface area contributed by atoms with Gasteiger partial charge in [0.25, 0.3) is 11.5 Å². The lowest BCUT2D eigenvalue weighted by atomic mass is 9.81. The van der Waals surface area contributed by atoms with E-state index < -0.39 is 0 Å². The fourth-order valence-corrected chi connectivity index (χ4v) is 4.92. The van der Waals surface area contributed by atoms with Crippen molar-refractivity contribution in [2.75, 3.05) is 13.1 Å². The lowest BCUT2D eigenvalue weighted by Crippen LogP contribution is -2.49. The SMILES string of the molecule is O=C(c1ccncc1)N1C[C@@H]2C[C@@H](C1)c1c(C=Cc3ccc(Cl)cc3)ccc(=O)n1C2. The van der Waals surface area contributed by atoms with Gasteiger partial charge in [0.2, 0.25) is 0 Å². The summed E-state index contributed by atoms with van der Waals surface area (Å²) in [4.78, 5) is 31.6. The van der Waals surface area contributed by atoms with Crippen LogP contribution in [0.5, 0.6) is 0 Å². The molecule has 3 aromatic rings. The summed E-state index contributed by atoms with van der Waals surface area (Å²) in [5, 5.41) is 0.702. The Morgan fingerprint density at radius 3 is 2.52 bits per heavy atom.